The van der Waals surface area contributed by atoms with Gasteiger partial charge < -0.3 is 0 Å². The minimum absolute atomic E-state index is 0.0979. The molecule has 0 aromatic carbocycles. The van der Waals surface area contributed by atoms with Gasteiger partial charge in [-0.1, -0.05) is 11.6 Å². The van der Waals surface area contributed by atoms with E-state index < -0.39 is 9.84 Å². The van der Waals surface area contributed by atoms with Gasteiger partial charge in [-0.05, 0) is 25.6 Å². The fourth-order valence-electron chi connectivity index (χ4n) is 2.04. The zero-order valence-electron chi connectivity index (χ0n) is 9.63. The molecule has 0 bridgehead atoms. The summed E-state index contributed by atoms with van der Waals surface area (Å²) in [5.74, 6) is 0.551. The zero-order valence-corrected chi connectivity index (χ0v) is 11.2. The summed E-state index contributed by atoms with van der Waals surface area (Å²) in [6.07, 6.45) is 2.37. The second-order valence-electron chi connectivity index (χ2n) is 4.44. The normalized spacial score (nSPS) is 23.1. The maximum atomic E-state index is 11.4. The van der Waals surface area contributed by atoms with Crippen LogP contribution in [-0.2, 0) is 16.4 Å². The Balaban J connectivity index is 2.00. The summed E-state index contributed by atoms with van der Waals surface area (Å²) in [4.78, 5) is 6.24. The van der Waals surface area contributed by atoms with Gasteiger partial charge in [0.25, 0.3) is 0 Å². The van der Waals surface area contributed by atoms with Crippen molar-refractivity contribution in [1.29, 1.82) is 0 Å². The number of pyridine rings is 1. The second-order valence-corrected chi connectivity index (χ2v) is 7.10. The van der Waals surface area contributed by atoms with Crippen LogP contribution in [0.5, 0.6) is 0 Å². The minimum atomic E-state index is -2.83. The summed E-state index contributed by atoms with van der Waals surface area (Å²) in [7, 11) is -0.904. The third-order valence-electron chi connectivity index (χ3n) is 3.02. The van der Waals surface area contributed by atoms with Crippen LogP contribution in [0.2, 0.25) is 5.02 Å². The smallest absolute Gasteiger partial charge is 0.151 e. The number of hydrogen-bond acceptors (Lipinski definition) is 4. The fraction of sp³-hybridized carbons (Fsp3) is 0.545. The predicted octanol–water partition coefficient (Wildman–Crippen LogP) is 1.35. The van der Waals surface area contributed by atoms with Gasteiger partial charge in [0, 0.05) is 23.8 Å². The molecule has 0 aliphatic carbocycles. The van der Waals surface area contributed by atoms with E-state index in [-0.39, 0.29) is 11.8 Å². The van der Waals surface area contributed by atoms with E-state index in [9.17, 15) is 8.42 Å². The standard InChI is InChI=1S/C11H15ClN2O2S/c1-14(11-3-5-17(15,16)8-11)7-10-6-9(12)2-4-13-10/h2,4,6,11H,3,5,7-8H2,1H3. The van der Waals surface area contributed by atoms with Gasteiger partial charge in [-0.2, -0.15) is 0 Å². The van der Waals surface area contributed by atoms with Crippen molar-refractivity contribution in [2.24, 2.45) is 0 Å². The molecular weight excluding hydrogens is 260 g/mol. The van der Waals surface area contributed by atoms with Crippen molar-refractivity contribution in [3.63, 3.8) is 0 Å². The highest BCUT2D eigenvalue weighted by atomic mass is 35.5. The number of rotatable bonds is 3. The summed E-state index contributed by atoms with van der Waals surface area (Å²) in [5, 5.41) is 0.655. The summed E-state index contributed by atoms with van der Waals surface area (Å²) in [6.45, 7) is 0.626. The molecule has 17 heavy (non-hydrogen) atoms. The number of halogens is 1. The molecule has 94 valence electrons. The van der Waals surface area contributed by atoms with Gasteiger partial charge in [0.15, 0.2) is 9.84 Å². The molecule has 1 aliphatic heterocycles. The third kappa shape index (κ3) is 3.40. The van der Waals surface area contributed by atoms with Gasteiger partial charge >= 0.3 is 0 Å². The maximum Gasteiger partial charge on any atom is 0.151 e. The van der Waals surface area contributed by atoms with Crippen LogP contribution in [0, 0.1) is 0 Å². The Morgan fingerprint density at radius 2 is 2.35 bits per heavy atom. The molecule has 4 nitrogen and oxygen atoms in total. The predicted molar refractivity (Wildman–Crippen MR) is 67.8 cm³/mol. The van der Waals surface area contributed by atoms with Crippen LogP contribution in [0.15, 0.2) is 18.3 Å². The molecule has 1 fully saturated rings. The van der Waals surface area contributed by atoms with Gasteiger partial charge in [-0.25, -0.2) is 8.42 Å². The quantitative estimate of drug-likeness (QED) is 0.835. The van der Waals surface area contributed by atoms with Gasteiger partial charge in [0.2, 0.25) is 0 Å². The van der Waals surface area contributed by atoms with Crippen LogP contribution in [0.3, 0.4) is 0 Å². The monoisotopic (exact) mass is 274 g/mol. The first-order valence-electron chi connectivity index (χ1n) is 5.47. The van der Waals surface area contributed by atoms with E-state index in [4.69, 9.17) is 11.6 Å². The second kappa shape index (κ2) is 4.92. The molecule has 1 aliphatic rings. The van der Waals surface area contributed by atoms with Gasteiger partial charge in [0.1, 0.15) is 0 Å². The lowest BCUT2D eigenvalue weighted by molar-refractivity contribution is 0.251. The van der Waals surface area contributed by atoms with Crippen molar-refractivity contribution in [3.05, 3.63) is 29.0 Å². The molecule has 1 aromatic rings. The first kappa shape index (κ1) is 12.8. The van der Waals surface area contributed by atoms with E-state index in [1.165, 1.54) is 0 Å². The van der Waals surface area contributed by atoms with Crippen molar-refractivity contribution in [2.45, 2.75) is 19.0 Å². The highest BCUT2D eigenvalue weighted by molar-refractivity contribution is 7.91. The highest BCUT2D eigenvalue weighted by Gasteiger charge is 2.30. The molecule has 0 radical (unpaired) electrons. The minimum Gasteiger partial charge on any atom is -0.297 e. The van der Waals surface area contributed by atoms with Crippen molar-refractivity contribution in [2.75, 3.05) is 18.6 Å². The molecule has 2 rings (SSSR count). The molecule has 6 heteroatoms. The van der Waals surface area contributed by atoms with E-state index in [1.807, 2.05) is 18.0 Å². The summed E-state index contributed by atoms with van der Waals surface area (Å²) < 4.78 is 22.8. The summed E-state index contributed by atoms with van der Waals surface area (Å²) in [6, 6.07) is 3.63. The lowest BCUT2D eigenvalue weighted by Gasteiger charge is -2.22. The maximum absolute atomic E-state index is 11.4. The van der Waals surface area contributed by atoms with Crippen LogP contribution in [0.1, 0.15) is 12.1 Å². The lowest BCUT2D eigenvalue weighted by Crippen LogP contribution is -2.32. The number of nitrogens with zero attached hydrogens (tertiary/aromatic N) is 2. The van der Waals surface area contributed by atoms with Crippen LogP contribution in [0.4, 0.5) is 0 Å². The Morgan fingerprint density at radius 3 is 2.94 bits per heavy atom. The average molecular weight is 275 g/mol. The Bertz CT molecular complexity index is 504. The Hall–Kier alpha value is -0.650. The van der Waals surface area contributed by atoms with Crippen LogP contribution >= 0.6 is 11.6 Å². The molecule has 1 unspecified atom stereocenters. The van der Waals surface area contributed by atoms with E-state index in [0.29, 0.717) is 23.7 Å². The van der Waals surface area contributed by atoms with E-state index >= 15 is 0 Å². The van der Waals surface area contributed by atoms with Gasteiger partial charge in [0.05, 0.1) is 17.2 Å². The van der Waals surface area contributed by atoms with Crippen molar-refractivity contribution >= 4 is 21.4 Å². The summed E-state index contributed by atoms with van der Waals surface area (Å²) >= 11 is 5.88. The number of aromatic nitrogens is 1. The van der Waals surface area contributed by atoms with Crippen molar-refractivity contribution < 1.29 is 8.42 Å². The molecular formula is C11H15ClN2O2S. The molecule has 2 heterocycles. The van der Waals surface area contributed by atoms with Gasteiger partial charge in [-0.3, -0.25) is 9.88 Å². The van der Waals surface area contributed by atoms with Crippen molar-refractivity contribution in [3.8, 4) is 0 Å². The topological polar surface area (TPSA) is 50.3 Å². The average Bonchev–Trinajstić information content (AvgIpc) is 2.59. The number of hydrogen-bond donors (Lipinski definition) is 0. The van der Waals surface area contributed by atoms with Crippen LogP contribution in [0.25, 0.3) is 0 Å². The Morgan fingerprint density at radius 1 is 1.59 bits per heavy atom. The molecule has 0 amide bonds. The van der Waals surface area contributed by atoms with Crippen LogP contribution < -0.4 is 0 Å². The van der Waals surface area contributed by atoms with E-state index in [1.54, 1.807) is 12.3 Å². The Labute approximate surface area is 107 Å². The SMILES string of the molecule is CN(Cc1cc(Cl)ccn1)C1CCS(=O)(=O)C1. The molecule has 0 spiro atoms. The summed E-state index contributed by atoms with van der Waals surface area (Å²) in [5.41, 5.74) is 0.865. The molecule has 1 atom stereocenters. The number of sulfone groups is 1. The van der Waals surface area contributed by atoms with Crippen molar-refractivity contribution in [1.82, 2.24) is 9.88 Å². The largest absolute Gasteiger partial charge is 0.297 e. The van der Waals surface area contributed by atoms with Gasteiger partial charge in [-0.15, -0.1) is 0 Å². The first-order valence-corrected chi connectivity index (χ1v) is 7.67. The lowest BCUT2D eigenvalue weighted by atomic mass is 10.2. The molecule has 1 aromatic heterocycles. The highest BCUT2D eigenvalue weighted by Crippen LogP contribution is 2.18. The van der Waals surface area contributed by atoms with E-state index in [2.05, 4.69) is 4.98 Å². The molecule has 0 N–H and O–H groups in total. The zero-order chi connectivity index (χ0) is 12.5. The molecule has 1 saturated heterocycles. The van der Waals surface area contributed by atoms with E-state index in [0.717, 1.165) is 5.69 Å². The Kier molecular flexibility index (Phi) is 3.70. The molecule has 0 saturated carbocycles. The first-order chi connectivity index (χ1) is 7.96. The van der Waals surface area contributed by atoms with Crippen LogP contribution in [-0.4, -0.2) is 42.9 Å². The fourth-order valence-corrected chi connectivity index (χ4v) is 4.03. The third-order valence-corrected chi connectivity index (χ3v) is 5.01.